The molecule has 1 rings (SSSR count). The van der Waals surface area contributed by atoms with Gasteiger partial charge in [0.1, 0.15) is 0 Å². The molecule has 20 heavy (non-hydrogen) atoms. The van der Waals surface area contributed by atoms with E-state index in [1.807, 2.05) is 56.9 Å². The van der Waals surface area contributed by atoms with Gasteiger partial charge in [-0.15, -0.1) is 0 Å². The molecule has 0 saturated heterocycles. The molecule has 4 heteroatoms. The molecule has 1 amide bonds. The molecule has 0 aliphatic rings. The Morgan fingerprint density at radius 1 is 1.35 bits per heavy atom. The SMILES string of the molecule is CCNC(C)CC(=O)N(Cc1cccc(Cl)c1)C(C)C. The van der Waals surface area contributed by atoms with Crippen LogP contribution in [-0.2, 0) is 11.3 Å². The number of carbonyl (C=O) groups excluding carboxylic acids is 1. The minimum atomic E-state index is 0.174. The molecular formula is C16H25ClN2O. The monoisotopic (exact) mass is 296 g/mol. The molecule has 1 aromatic rings. The number of hydrogen-bond donors (Lipinski definition) is 1. The maximum atomic E-state index is 12.4. The highest BCUT2D eigenvalue weighted by Gasteiger charge is 2.19. The molecule has 0 spiro atoms. The van der Waals surface area contributed by atoms with Crippen LogP contribution in [0.1, 0.15) is 39.7 Å². The third kappa shape index (κ3) is 5.51. The second-order valence-corrected chi connectivity index (χ2v) is 5.84. The Balaban J connectivity index is 2.71. The molecule has 3 nitrogen and oxygen atoms in total. The molecule has 1 unspecified atom stereocenters. The van der Waals surface area contributed by atoms with E-state index >= 15 is 0 Å². The maximum absolute atomic E-state index is 12.4. The van der Waals surface area contributed by atoms with Gasteiger partial charge in [0.15, 0.2) is 0 Å². The first kappa shape index (κ1) is 17.0. The van der Waals surface area contributed by atoms with Crippen molar-refractivity contribution >= 4 is 17.5 Å². The van der Waals surface area contributed by atoms with E-state index in [-0.39, 0.29) is 18.0 Å². The standard InChI is InChI=1S/C16H25ClN2O/c1-5-18-13(4)9-16(20)19(12(2)3)11-14-7-6-8-15(17)10-14/h6-8,10,12-13,18H,5,9,11H2,1-4H3. The lowest BCUT2D eigenvalue weighted by atomic mass is 10.1. The predicted molar refractivity (Wildman–Crippen MR) is 84.9 cm³/mol. The summed E-state index contributed by atoms with van der Waals surface area (Å²) >= 11 is 6.00. The molecule has 0 aliphatic carbocycles. The summed E-state index contributed by atoms with van der Waals surface area (Å²) in [5, 5.41) is 3.98. The smallest absolute Gasteiger partial charge is 0.224 e. The van der Waals surface area contributed by atoms with Crippen LogP contribution in [0.15, 0.2) is 24.3 Å². The first-order valence-electron chi connectivity index (χ1n) is 7.21. The van der Waals surface area contributed by atoms with Crippen molar-refractivity contribution in [2.24, 2.45) is 0 Å². The van der Waals surface area contributed by atoms with Crippen LogP contribution < -0.4 is 5.32 Å². The number of amides is 1. The minimum Gasteiger partial charge on any atom is -0.336 e. The van der Waals surface area contributed by atoms with E-state index in [0.29, 0.717) is 18.0 Å². The fourth-order valence-electron chi connectivity index (χ4n) is 2.19. The highest BCUT2D eigenvalue weighted by atomic mass is 35.5. The van der Waals surface area contributed by atoms with Crippen LogP contribution in [0.4, 0.5) is 0 Å². The van der Waals surface area contributed by atoms with Crippen LogP contribution in [0.2, 0.25) is 5.02 Å². The number of nitrogens with zero attached hydrogens (tertiary/aromatic N) is 1. The van der Waals surface area contributed by atoms with Crippen molar-refractivity contribution in [3.8, 4) is 0 Å². The molecule has 1 N–H and O–H groups in total. The Hall–Kier alpha value is -1.06. The van der Waals surface area contributed by atoms with Crippen LogP contribution in [0.5, 0.6) is 0 Å². The second-order valence-electron chi connectivity index (χ2n) is 5.41. The molecular weight excluding hydrogens is 272 g/mol. The summed E-state index contributed by atoms with van der Waals surface area (Å²) in [6.45, 7) is 9.66. The van der Waals surface area contributed by atoms with Crippen LogP contribution in [-0.4, -0.2) is 29.4 Å². The normalized spacial score (nSPS) is 12.5. The van der Waals surface area contributed by atoms with Crippen LogP contribution >= 0.6 is 11.6 Å². The quantitative estimate of drug-likeness (QED) is 0.835. The zero-order valence-electron chi connectivity index (χ0n) is 12.8. The van der Waals surface area contributed by atoms with Gasteiger partial charge < -0.3 is 10.2 Å². The fourth-order valence-corrected chi connectivity index (χ4v) is 2.40. The average Bonchev–Trinajstić information content (AvgIpc) is 2.35. The Morgan fingerprint density at radius 2 is 2.05 bits per heavy atom. The van der Waals surface area contributed by atoms with E-state index in [1.54, 1.807) is 0 Å². The Bertz CT molecular complexity index is 434. The highest BCUT2D eigenvalue weighted by Crippen LogP contribution is 2.15. The van der Waals surface area contributed by atoms with Crippen molar-refractivity contribution in [2.75, 3.05) is 6.54 Å². The van der Waals surface area contributed by atoms with Crippen molar-refractivity contribution in [1.29, 1.82) is 0 Å². The number of carbonyl (C=O) groups is 1. The molecule has 1 aromatic carbocycles. The first-order chi connectivity index (χ1) is 9.43. The topological polar surface area (TPSA) is 32.3 Å². The van der Waals surface area contributed by atoms with E-state index in [4.69, 9.17) is 11.6 Å². The Morgan fingerprint density at radius 3 is 2.60 bits per heavy atom. The molecule has 0 fully saturated rings. The summed E-state index contributed by atoms with van der Waals surface area (Å²) in [5.74, 6) is 0.174. The summed E-state index contributed by atoms with van der Waals surface area (Å²) in [4.78, 5) is 14.3. The lowest BCUT2D eigenvalue weighted by molar-refractivity contribution is -0.134. The van der Waals surface area contributed by atoms with Gasteiger partial charge in [-0.2, -0.15) is 0 Å². The van der Waals surface area contributed by atoms with E-state index in [2.05, 4.69) is 5.32 Å². The van der Waals surface area contributed by atoms with E-state index < -0.39 is 0 Å². The van der Waals surface area contributed by atoms with Gasteiger partial charge >= 0.3 is 0 Å². The molecule has 0 radical (unpaired) electrons. The lowest BCUT2D eigenvalue weighted by Gasteiger charge is -2.28. The van der Waals surface area contributed by atoms with E-state index in [0.717, 1.165) is 12.1 Å². The van der Waals surface area contributed by atoms with Gasteiger partial charge in [-0.1, -0.05) is 30.7 Å². The summed E-state index contributed by atoms with van der Waals surface area (Å²) < 4.78 is 0. The first-order valence-corrected chi connectivity index (χ1v) is 7.59. The molecule has 112 valence electrons. The number of halogens is 1. The van der Waals surface area contributed by atoms with Gasteiger partial charge in [0.05, 0.1) is 0 Å². The predicted octanol–water partition coefficient (Wildman–Crippen LogP) is 3.47. The summed E-state index contributed by atoms with van der Waals surface area (Å²) in [6, 6.07) is 8.06. The number of rotatable bonds is 7. The number of hydrogen-bond acceptors (Lipinski definition) is 2. The van der Waals surface area contributed by atoms with Crippen molar-refractivity contribution in [1.82, 2.24) is 10.2 Å². The Kier molecular flexibility index (Phi) is 7.03. The van der Waals surface area contributed by atoms with Crippen molar-refractivity contribution in [2.45, 2.75) is 52.7 Å². The van der Waals surface area contributed by atoms with Crippen molar-refractivity contribution in [3.05, 3.63) is 34.9 Å². The molecule has 1 atom stereocenters. The zero-order chi connectivity index (χ0) is 15.1. The largest absolute Gasteiger partial charge is 0.336 e. The number of nitrogens with one attached hydrogen (secondary N) is 1. The van der Waals surface area contributed by atoms with Gasteiger partial charge in [0, 0.05) is 30.1 Å². The summed E-state index contributed by atoms with van der Waals surface area (Å²) in [5.41, 5.74) is 1.07. The van der Waals surface area contributed by atoms with Crippen molar-refractivity contribution in [3.63, 3.8) is 0 Å². The number of benzene rings is 1. The van der Waals surface area contributed by atoms with Gasteiger partial charge in [0.2, 0.25) is 5.91 Å². The molecule has 0 aromatic heterocycles. The fraction of sp³-hybridized carbons (Fsp3) is 0.562. The summed E-state index contributed by atoms with van der Waals surface area (Å²) in [7, 11) is 0. The molecule has 0 heterocycles. The maximum Gasteiger partial charge on any atom is 0.224 e. The average molecular weight is 297 g/mol. The zero-order valence-corrected chi connectivity index (χ0v) is 13.6. The Labute approximate surface area is 127 Å². The van der Waals surface area contributed by atoms with E-state index in [1.165, 1.54) is 0 Å². The third-order valence-electron chi connectivity index (χ3n) is 3.22. The van der Waals surface area contributed by atoms with Crippen LogP contribution in [0.3, 0.4) is 0 Å². The van der Waals surface area contributed by atoms with Crippen LogP contribution in [0, 0.1) is 0 Å². The molecule has 0 aliphatic heterocycles. The van der Waals surface area contributed by atoms with Gasteiger partial charge in [0.25, 0.3) is 0 Å². The van der Waals surface area contributed by atoms with Crippen LogP contribution in [0.25, 0.3) is 0 Å². The second kappa shape index (κ2) is 8.28. The van der Waals surface area contributed by atoms with Crippen molar-refractivity contribution < 1.29 is 4.79 Å². The molecule has 0 bridgehead atoms. The third-order valence-corrected chi connectivity index (χ3v) is 3.45. The van der Waals surface area contributed by atoms with Gasteiger partial charge in [-0.3, -0.25) is 4.79 Å². The summed E-state index contributed by atoms with van der Waals surface area (Å²) in [6.07, 6.45) is 0.520. The minimum absolute atomic E-state index is 0.174. The lowest BCUT2D eigenvalue weighted by Crippen LogP contribution is -2.40. The molecule has 0 saturated carbocycles. The highest BCUT2D eigenvalue weighted by molar-refractivity contribution is 6.30. The van der Waals surface area contributed by atoms with Gasteiger partial charge in [-0.25, -0.2) is 0 Å². The van der Waals surface area contributed by atoms with Gasteiger partial charge in [-0.05, 0) is 45.0 Å². The van der Waals surface area contributed by atoms with E-state index in [9.17, 15) is 4.79 Å².